The second kappa shape index (κ2) is 6.28. The number of rotatable bonds is 7. The lowest BCUT2D eigenvalue weighted by Crippen LogP contribution is -2.06. The largest absolute Gasteiger partial charge is 0.493 e. The van der Waals surface area contributed by atoms with Crippen LogP contribution in [0.25, 0.3) is 0 Å². The van der Waals surface area contributed by atoms with Gasteiger partial charge in [-0.1, -0.05) is 15.9 Å². The number of carboxylic acid groups (broad SMARTS) is 1. The highest BCUT2D eigenvalue weighted by Crippen LogP contribution is 2.39. The van der Waals surface area contributed by atoms with E-state index in [2.05, 4.69) is 15.9 Å². The number of methoxy groups -OCH3 is 1. The zero-order chi connectivity index (χ0) is 13.8. The van der Waals surface area contributed by atoms with Crippen LogP contribution in [0.4, 0.5) is 0 Å². The van der Waals surface area contributed by atoms with Gasteiger partial charge in [0, 0.05) is 16.5 Å². The molecule has 1 aliphatic carbocycles. The second-order valence-electron chi connectivity index (χ2n) is 4.71. The average Bonchev–Trinajstić information content (AvgIpc) is 3.19. The average molecular weight is 329 g/mol. The molecule has 19 heavy (non-hydrogen) atoms. The normalized spacial score (nSPS) is 14.2. The van der Waals surface area contributed by atoms with Crippen molar-refractivity contribution in [1.82, 2.24) is 0 Å². The number of carbonyl (C=O) groups is 1. The summed E-state index contributed by atoms with van der Waals surface area (Å²) in [6, 6.07) is 3.69. The van der Waals surface area contributed by atoms with Gasteiger partial charge in [0.15, 0.2) is 11.5 Å². The molecule has 4 nitrogen and oxygen atoms in total. The first-order valence-corrected chi connectivity index (χ1v) is 7.11. The van der Waals surface area contributed by atoms with E-state index in [-0.39, 0.29) is 6.42 Å². The van der Waals surface area contributed by atoms with Crippen molar-refractivity contribution in [2.24, 2.45) is 5.92 Å². The maximum Gasteiger partial charge on any atom is 0.303 e. The molecule has 0 aliphatic heterocycles. The summed E-state index contributed by atoms with van der Waals surface area (Å²) in [5.74, 6) is 1.15. The Morgan fingerprint density at radius 1 is 1.47 bits per heavy atom. The fraction of sp³-hybridized carbons (Fsp3) is 0.500. The number of hydrogen-bond acceptors (Lipinski definition) is 3. The highest BCUT2D eigenvalue weighted by molar-refractivity contribution is 9.10. The van der Waals surface area contributed by atoms with Gasteiger partial charge in [-0.05, 0) is 37.3 Å². The van der Waals surface area contributed by atoms with Gasteiger partial charge in [-0.2, -0.15) is 0 Å². The van der Waals surface area contributed by atoms with E-state index in [4.69, 9.17) is 14.6 Å². The second-order valence-corrected chi connectivity index (χ2v) is 5.56. The molecule has 0 atom stereocenters. The molecule has 1 aromatic carbocycles. The predicted molar refractivity (Wildman–Crippen MR) is 74.9 cm³/mol. The van der Waals surface area contributed by atoms with E-state index in [9.17, 15) is 4.79 Å². The van der Waals surface area contributed by atoms with Crippen molar-refractivity contribution in [3.63, 3.8) is 0 Å². The van der Waals surface area contributed by atoms with Crippen molar-refractivity contribution in [2.45, 2.75) is 25.7 Å². The molecule has 5 heteroatoms. The lowest BCUT2D eigenvalue weighted by atomic mass is 10.1. The van der Waals surface area contributed by atoms with Gasteiger partial charge in [-0.25, -0.2) is 0 Å². The van der Waals surface area contributed by atoms with Crippen LogP contribution in [0.15, 0.2) is 16.6 Å². The van der Waals surface area contributed by atoms with E-state index in [0.717, 1.165) is 10.0 Å². The first kappa shape index (κ1) is 14.2. The van der Waals surface area contributed by atoms with Gasteiger partial charge in [0.2, 0.25) is 0 Å². The Labute approximate surface area is 120 Å². The molecule has 0 saturated heterocycles. The molecular formula is C14H17BrO4. The Hall–Kier alpha value is -1.23. The molecule has 1 aliphatic rings. The van der Waals surface area contributed by atoms with E-state index in [1.165, 1.54) is 12.8 Å². The van der Waals surface area contributed by atoms with Crippen molar-refractivity contribution >= 4 is 21.9 Å². The number of aliphatic carboxylic acids is 1. The lowest BCUT2D eigenvalue weighted by Gasteiger charge is -2.16. The zero-order valence-corrected chi connectivity index (χ0v) is 12.4. The summed E-state index contributed by atoms with van der Waals surface area (Å²) in [7, 11) is 1.59. The van der Waals surface area contributed by atoms with E-state index in [1.807, 2.05) is 12.1 Å². The molecule has 0 heterocycles. The molecule has 104 valence electrons. The van der Waals surface area contributed by atoms with E-state index >= 15 is 0 Å². The Kier molecular flexibility index (Phi) is 4.69. The van der Waals surface area contributed by atoms with Crippen LogP contribution >= 0.6 is 15.9 Å². The number of ether oxygens (including phenoxy) is 2. The first-order chi connectivity index (χ1) is 9.11. The van der Waals surface area contributed by atoms with Crippen LogP contribution in [-0.4, -0.2) is 24.8 Å². The molecule has 0 spiro atoms. The molecule has 0 radical (unpaired) electrons. The third kappa shape index (κ3) is 3.86. The fourth-order valence-corrected chi connectivity index (χ4v) is 2.36. The van der Waals surface area contributed by atoms with Gasteiger partial charge in [0.05, 0.1) is 13.7 Å². The van der Waals surface area contributed by atoms with Crippen molar-refractivity contribution in [1.29, 1.82) is 0 Å². The van der Waals surface area contributed by atoms with Gasteiger partial charge in [0.1, 0.15) is 0 Å². The monoisotopic (exact) mass is 328 g/mol. The van der Waals surface area contributed by atoms with Gasteiger partial charge >= 0.3 is 5.97 Å². The maximum atomic E-state index is 10.7. The topological polar surface area (TPSA) is 55.8 Å². The van der Waals surface area contributed by atoms with Gasteiger partial charge in [0.25, 0.3) is 0 Å². The van der Waals surface area contributed by atoms with Gasteiger partial charge < -0.3 is 14.6 Å². The van der Waals surface area contributed by atoms with Crippen LogP contribution in [0.1, 0.15) is 24.8 Å². The van der Waals surface area contributed by atoms with Crippen molar-refractivity contribution in [3.8, 4) is 11.5 Å². The van der Waals surface area contributed by atoms with Crippen LogP contribution in [0, 0.1) is 5.92 Å². The predicted octanol–water partition coefficient (Wildman–Crippen LogP) is 3.26. The molecular weight excluding hydrogens is 312 g/mol. The Balaban J connectivity index is 2.21. The third-order valence-corrected chi connectivity index (χ3v) is 3.88. The van der Waals surface area contributed by atoms with Crippen LogP contribution in [0.2, 0.25) is 0 Å². The molecule has 1 N–H and O–H groups in total. The smallest absolute Gasteiger partial charge is 0.303 e. The van der Waals surface area contributed by atoms with Crippen LogP contribution < -0.4 is 9.47 Å². The van der Waals surface area contributed by atoms with E-state index < -0.39 is 5.97 Å². The summed E-state index contributed by atoms with van der Waals surface area (Å²) >= 11 is 3.45. The van der Waals surface area contributed by atoms with Gasteiger partial charge in [-0.3, -0.25) is 4.79 Å². The molecule has 1 saturated carbocycles. The highest BCUT2D eigenvalue weighted by atomic mass is 79.9. The molecule has 0 amide bonds. The minimum absolute atomic E-state index is 0.0750. The third-order valence-electron chi connectivity index (χ3n) is 3.14. The molecule has 0 bridgehead atoms. The van der Waals surface area contributed by atoms with Crippen molar-refractivity contribution in [3.05, 3.63) is 22.2 Å². The standard InChI is InChI=1S/C14H17BrO4/c1-18-12-6-5-11(15)10(4-7-13(16)17)14(12)19-8-9-2-3-9/h5-6,9H,2-4,7-8H2,1H3,(H,16,17). The lowest BCUT2D eigenvalue weighted by molar-refractivity contribution is -0.136. The molecule has 2 rings (SSSR count). The fourth-order valence-electron chi connectivity index (χ4n) is 1.85. The molecule has 0 aromatic heterocycles. The minimum atomic E-state index is -0.817. The Bertz CT molecular complexity index is 469. The number of carboxylic acids is 1. The van der Waals surface area contributed by atoms with Crippen molar-refractivity contribution < 1.29 is 19.4 Å². The Morgan fingerprint density at radius 2 is 2.21 bits per heavy atom. The number of hydrogen-bond donors (Lipinski definition) is 1. The van der Waals surface area contributed by atoms with Gasteiger partial charge in [-0.15, -0.1) is 0 Å². The minimum Gasteiger partial charge on any atom is -0.493 e. The van der Waals surface area contributed by atoms with Crippen LogP contribution in [0.3, 0.4) is 0 Å². The number of halogens is 1. The summed E-state index contributed by atoms with van der Waals surface area (Å²) in [5.41, 5.74) is 0.863. The summed E-state index contributed by atoms with van der Waals surface area (Å²) in [5, 5.41) is 8.82. The van der Waals surface area contributed by atoms with E-state index in [1.54, 1.807) is 7.11 Å². The SMILES string of the molecule is COc1ccc(Br)c(CCC(=O)O)c1OCC1CC1. The van der Waals surface area contributed by atoms with Crippen LogP contribution in [-0.2, 0) is 11.2 Å². The molecule has 1 fully saturated rings. The summed E-state index contributed by atoms with van der Waals surface area (Å²) in [4.78, 5) is 10.7. The maximum absolute atomic E-state index is 10.7. The molecule has 0 unspecified atom stereocenters. The quantitative estimate of drug-likeness (QED) is 0.834. The summed E-state index contributed by atoms with van der Waals surface area (Å²) in [6.07, 6.45) is 2.92. The molecule has 1 aromatic rings. The highest BCUT2D eigenvalue weighted by Gasteiger charge is 2.24. The Morgan fingerprint density at radius 3 is 2.79 bits per heavy atom. The summed E-state index contributed by atoms with van der Waals surface area (Å²) in [6.45, 7) is 0.673. The van der Waals surface area contributed by atoms with Crippen LogP contribution in [0.5, 0.6) is 11.5 Å². The van der Waals surface area contributed by atoms with E-state index in [0.29, 0.717) is 30.4 Å². The first-order valence-electron chi connectivity index (χ1n) is 6.31. The van der Waals surface area contributed by atoms with Crippen molar-refractivity contribution in [2.75, 3.05) is 13.7 Å². The number of benzene rings is 1. The zero-order valence-electron chi connectivity index (χ0n) is 10.8. The summed E-state index contributed by atoms with van der Waals surface area (Å²) < 4.78 is 12.0.